The van der Waals surface area contributed by atoms with Crippen molar-refractivity contribution in [1.29, 1.82) is 0 Å². The van der Waals surface area contributed by atoms with Crippen molar-refractivity contribution in [2.75, 3.05) is 5.32 Å². The van der Waals surface area contributed by atoms with Crippen molar-refractivity contribution in [1.82, 2.24) is 0 Å². The Morgan fingerprint density at radius 1 is 1.33 bits per heavy atom. The molecule has 94 valence electrons. The summed E-state index contributed by atoms with van der Waals surface area (Å²) in [5.74, 6) is -0.926. The number of carboxylic acid groups (broad SMARTS) is 1. The van der Waals surface area contributed by atoms with Gasteiger partial charge in [0.1, 0.15) is 0 Å². The van der Waals surface area contributed by atoms with Gasteiger partial charge in [0.2, 0.25) is 0 Å². The fourth-order valence-electron chi connectivity index (χ4n) is 1.42. The zero-order chi connectivity index (χ0) is 13.1. The van der Waals surface area contributed by atoms with E-state index in [9.17, 15) is 4.79 Å². The number of carboxylic acids is 1. The van der Waals surface area contributed by atoms with Gasteiger partial charge in [-0.05, 0) is 56.1 Å². The van der Waals surface area contributed by atoms with E-state index in [2.05, 4.69) is 43.2 Å². The topological polar surface area (TPSA) is 49.3 Å². The third kappa shape index (κ3) is 3.34. The average molecular weight is 391 g/mol. The zero-order valence-electron chi connectivity index (χ0n) is 9.11. The second-order valence-electron chi connectivity index (χ2n) is 3.58. The molecular formula is C12H9Br2NO2S. The summed E-state index contributed by atoms with van der Waals surface area (Å²) in [4.78, 5) is 12.0. The van der Waals surface area contributed by atoms with Crippen LogP contribution in [0, 0.1) is 0 Å². The van der Waals surface area contributed by atoms with Gasteiger partial charge in [-0.25, -0.2) is 4.79 Å². The largest absolute Gasteiger partial charge is 0.478 e. The predicted molar refractivity (Wildman–Crippen MR) is 80.4 cm³/mol. The fraction of sp³-hybridized carbons (Fsp3) is 0.0833. The summed E-state index contributed by atoms with van der Waals surface area (Å²) in [6.45, 7) is 0.710. The molecule has 2 rings (SSSR count). The van der Waals surface area contributed by atoms with Gasteiger partial charge in [-0.15, -0.1) is 11.3 Å². The number of nitrogens with one attached hydrogen (secondary N) is 1. The van der Waals surface area contributed by atoms with Crippen molar-refractivity contribution in [3.63, 3.8) is 0 Å². The second kappa shape index (κ2) is 5.86. The van der Waals surface area contributed by atoms with E-state index in [0.29, 0.717) is 6.54 Å². The summed E-state index contributed by atoms with van der Waals surface area (Å²) in [6, 6.07) is 6.99. The maximum Gasteiger partial charge on any atom is 0.335 e. The van der Waals surface area contributed by atoms with Gasteiger partial charge in [0.05, 0.1) is 5.56 Å². The minimum absolute atomic E-state index is 0.270. The van der Waals surface area contributed by atoms with Crippen LogP contribution in [0.3, 0.4) is 0 Å². The smallest absolute Gasteiger partial charge is 0.335 e. The van der Waals surface area contributed by atoms with Crippen LogP contribution < -0.4 is 5.32 Å². The highest BCUT2D eigenvalue weighted by molar-refractivity contribution is 9.10. The van der Waals surface area contributed by atoms with Crippen LogP contribution in [0.25, 0.3) is 0 Å². The lowest BCUT2D eigenvalue weighted by molar-refractivity contribution is 0.0697. The Balaban J connectivity index is 2.08. The lowest BCUT2D eigenvalue weighted by atomic mass is 10.2. The molecule has 0 unspecified atom stereocenters. The van der Waals surface area contributed by atoms with Crippen LogP contribution in [-0.4, -0.2) is 11.1 Å². The molecule has 1 heterocycles. The summed E-state index contributed by atoms with van der Waals surface area (Å²) in [6.07, 6.45) is 0. The van der Waals surface area contributed by atoms with Crippen LogP contribution in [0.15, 0.2) is 38.6 Å². The molecule has 1 aromatic carbocycles. The Hall–Kier alpha value is -0.850. The number of aromatic carboxylic acids is 1. The van der Waals surface area contributed by atoms with Crippen LogP contribution in [0.5, 0.6) is 0 Å². The number of thiophene rings is 1. The number of hydrogen-bond donors (Lipinski definition) is 2. The van der Waals surface area contributed by atoms with Crippen LogP contribution in [0.1, 0.15) is 15.2 Å². The molecule has 0 radical (unpaired) electrons. The predicted octanol–water partition coefficient (Wildman–Crippen LogP) is 4.58. The van der Waals surface area contributed by atoms with E-state index in [0.717, 1.165) is 14.6 Å². The summed E-state index contributed by atoms with van der Waals surface area (Å²) >= 11 is 8.43. The summed E-state index contributed by atoms with van der Waals surface area (Å²) in [5, 5.41) is 14.2. The minimum Gasteiger partial charge on any atom is -0.478 e. The Morgan fingerprint density at radius 3 is 2.67 bits per heavy atom. The normalized spacial score (nSPS) is 10.3. The van der Waals surface area contributed by atoms with Gasteiger partial charge in [0.25, 0.3) is 0 Å². The Kier molecular flexibility index (Phi) is 4.42. The molecule has 2 aromatic rings. The molecule has 0 spiro atoms. The Labute approximate surface area is 125 Å². The van der Waals surface area contributed by atoms with Crippen LogP contribution >= 0.6 is 43.2 Å². The van der Waals surface area contributed by atoms with Gasteiger partial charge in [-0.3, -0.25) is 0 Å². The number of benzene rings is 1. The van der Waals surface area contributed by atoms with Gasteiger partial charge in [0.15, 0.2) is 0 Å². The van der Waals surface area contributed by atoms with Crippen molar-refractivity contribution in [2.24, 2.45) is 0 Å². The monoisotopic (exact) mass is 389 g/mol. The molecule has 0 amide bonds. The molecule has 0 saturated heterocycles. The zero-order valence-corrected chi connectivity index (χ0v) is 13.1. The van der Waals surface area contributed by atoms with Gasteiger partial charge in [-0.2, -0.15) is 0 Å². The first-order chi connectivity index (χ1) is 8.56. The van der Waals surface area contributed by atoms with Gasteiger partial charge in [-0.1, -0.05) is 0 Å². The van der Waals surface area contributed by atoms with Crippen LogP contribution in [0.2, 0.25) is 0 Å². The molecular weight excluding hydrogens is 382 g/mol. The van der Waals surface area contributed by atoms with E-state index in [4.69, 9.17) is 5.11 Å². The van der Waals surface area contributed by atoms with Crippen molar-refractivity contribution in [3.05, 3.63) is 49.0 Å². The Morgan fingerprint density at radius 2 is 2.11 bits per heavy atom. The quantitative estimate of drug-likeness (QED) is 0.802. The molecule has 0 saturated carbocycles. The van der Waals surface area contributed by atoms with Crippen LogP contribution in [0.4, 0.5) is 5.69 Å². The first-order valence-electron chi connectivity index (χ1n) is 5.06. The SMILES string of the molecule is O=C(O)c1ccc(NCc2cc(Br)cs2)c(Br)c1. The summed E-state index contributed by atoms with van der Waals surface area (Å²) < 4.78 is 1.82. The van der Waals surface area contributed by atoms with Crippen molar-refractivity contribution in [2.45, 2.75) is 6.54 Å². The lowest BCUT2D eigenvalue weighted by Gasteiger charge is -2.08. The Bertz CT molecular complexity index is 583. The molecule has 0 bridgehead atoms. The maximum atomic E-state index is 10.8. The molecule has 0 aliphatic rings. The third-order valence-electron chi connectivity index (χ3n) is 2.29. The molecule has 0 aliphatic heterocycles. The van der Waals surface area contributed by atoms with E-state index < -0.39 is 5.97 Å². The first-order valence-corrected chi connectivity index (χ1v) is 7.52. The number of hydrogen-bond acceptors (Lipinski definition) is 3. The number of halogens is 2. The van der Waals surface area contributed by atoms with Crippen molar-refractivity contribution in [3.8, 4) is 0 Å². The van der Waals surface area contributed by atoms with E-state index in [1.54, 1.807) is 29.5 Å². The standard InChI is InChI=1S/C12H9Br2NO2S/c13-8-4-9(18-6-8)5-15-11-2-1-7(12(16)17)3-10(11)14/h1-4,6,15H,5H2,(H,16,17). The average Bonchev–Trinajstić information content (AvgIpc) is 2.73. The van der Waals surface area contributed by atoms with Crippen LogP contribution in [-0.2, 0) is 6.54 Å². The van der Waals surface area contributed by atoms with E-state index in [1.807, 2.05) is 5.38 Å². The maximum absolute atomic E-state index is 10.8. The lowest BCUT2D eigenvalue weighted by Crippen LogP contribution is -2.01. The first kappa shape index (κ1) is 13.6. The van der Waals surface area contributed by atoms with Crippen molar-refractivity contribution >= 4 is 54.9 Å². The third-order valence-corrected chi connectivity index (χ3v) is 4.64. The van der Waals surface area contributed by atoms with Gasteiger partial charge < -0.3 is 10.4 Å². The van der Waals surface area contributed by atoms with Crippen molar-refractivity contribution < 1.29 is 9.90 Å². The minimum atomic E-state index is -0.926. The molecule has 6 heteroatoms. The molecule has 18 heavy (non-hydrogen) atoms. The highest BCUT2D eigenvalue weighted by Crippen LogP contribution is 2.26. The molecule has 0 atom stereocenters. The van der Waals surface area contributed by atoms with E-state index in [-0.39, 0.29) is 5.56 Å². The van der Waals surface area contributed by atoms with Gasteiger partial charge in [0, 0.05) is 31.4 Å². The molecule has 0 aliphatic carbocycles. The molecule has 2 N–H and O–H groups in total. The molecule has 1 aromatic heterocycles. The molecule has 0 fully saturated rings. The highest BCUT2D eigenvalue weighted by atomic mass is 79.9. The highest BCUT2D eigenvalue weighted by Gasteiger charge is 2.06. The van der Waals surface area contributed by atoms with Gasteiger partial charge >= 0.3 is 5.97 Å². The summed E-state index contributed by atoms with van der Waals surface area (Å²) in [5.41, 5.74) is 1.15. The van der Waals surface area contributed by atoms with E-state index >= 15 is 0 Å². The van der Waals surface area contributed by atoms with E-state index in [1.165, 1.54) is 4.88 Å². The fourth-order valence-corrected chi connectivity index (χ4v) is 3.33. The summed E-state index contributed by atoms with van der Waals surface area (Å²) in [7, 11) is 0. The second-order valence-corrected chi connectivity index (χ2v) is 6.35. The molecule has 3 nitrogen and oxygen atoms in total. The number of carbonyl (C=O) groups is 1. The number of rotatable bonds is 4. The number of anilines is 1.